The summed E-state index contributed by atoms with van der Waals surface area (Å²) in [4.78, 5) is 0. The highest BCUT2D eigenvalue weighted by Gasteiger charge is 2.42. The number of aryl methyl sites for hydroxylation is 1. The van der Waals surface area contributed by atoms with Gasteiger partial charge in [0.05, 0.1) is 5.69 Å². The average Bonchev–Trinajstić information content (AvgIpc) is 2.61. The molecule has 0 atom stereocenters. The van der Waals surface area contributed by atoms with Crippen molar-refractivity contribution >= 4 is 17.4 Å². The summed E-state index contributed by atoms with van der Waals surface area (Å²) in [6, 6.07) is 10.1. The number of nitrogens with two attached hydrogens (primary N) is 1. The van der Waals surface area contributed by atoms with E-state index in [4.69, 9.17) is 17.3 Å². The van der Waals surface area contributed by atoms with E-state index in [1.54, 1.807) is 4.68 Å². The first-order chi connectivity index (χ1) is 8.62. The van der Waals surface area contributed by atoms with Crippen molar-refractivity contribution in [2.45, 2.75) is 24.7 Å². The second kappa shape index (κ2) is 4.02. The zero-order valence-corrected chi connectivity index (χ0v) is 11.1. The maximum atomic E-state index is 5.96. The fourth-order valence-corrected chi connectivity index (χ4v) is 2.83. The van der Waals surface area contributed by atoms with Gasteiger partial charge in [-0.25, -0.2) is 0 Å². The van der Waals surface area contributed by atoms with Crippen LogP contribution in [0.3, 0.4) is 0 Å². The van der Waals surface area contributed by atoms with Crippen molar-refractivity contribution < 1.29 is 0 Å². The fraction of sp³-hybridized carbons (Fsp3) is 0.357. The summed E-state index contributed by atoms with van der Waals surface area (Å²) >= 11 is 5.96. The first-order valence-electron chi connectivity index (χ1n) is 6.18. The predicted octanol–water partition coefficient (Wildman–Crippen LogP) is 3.13. The average molecular weight is 262 g/mol. The van der Waals surface area contributed by atoms with Crippen LogP contribution < -0.4 is 5.73 Å². The predicted molar refractivity (Wildman–Crippen MR) is 73.7 cm³/mol. The second-order valence-electron chi connectivity index (χ2n) is 5.02. The number of hydrogen-bond donors (Lipinski definition) is 1. The van der Waals surface area contributed by atoms with Gasteiger partial charge in [-0.05, 0) is 30.5 Å². The largest absolute Gasteiger partial charge is 0.384 e. The molecule has 2 aromatic rings. The maximum absolute atomic E-state index is 5.96. The lowest BCUT2D eigenvalue weighted by Gasteiger charge is -2.41. The molecule has 0 aliphatic heterocycles. The number of aromatic nitrogens is 2. The Morgan fingerprint density at radius 1 is 1.28 bits per heavy atom. The van der Waals surface area contributed by atoms with Gasteiger partial charge in [0.1, 0.15) is 5.82 Å². The van der Waals surface area contributed by atoms with Gasteiger partial charge in [0.15, 0.2) is 0 Å². The van der Waals surface area contributed by atoms with Crippen LogP contribution in [0.1, 0.15) is 30.5 Å². The smallest absolute Gasteiger partial charge is 0.121 e. The van der Waals surface area contributed by atoms with Crippen LogP contribution in [-0.2, 0) is 12.5 Å². The third-order valence-corrected chi connectivity index (χ3v) is 4.26. The molecule has 1 aliphatic rings. The lowest BCUT2D eigenvalue weighted by atomic mass is 9.62. The van der Waals surface area contributed by atoms with E-state index >= 15 is 0 Å². The molecule has 0 bridgehead atoms. The third-order valence-electron chi connectivity index (χ3n) is 4.01. The van der Waals surface area contributed by atoms with Crippen molar-refractivity contribution in [1.82, 2.24) is 9.78 Å². The summed E-state index contributed by atoms with van der Waals surface area (Å²) in [5, 5.41) is 5.33. The molecule has 0 spiro atoms. The molecule has 0 amide bonds. The van der Waals surface area contributed by atoms with Crippen LogP contribution in [0.5, 0.6) is 0 Å². The van der Waals surface area contributed by atoms with Gasteiger partial charge in [-0.2, -0.15) is 5.10 Å². The van der Waals surface area contributed by atoms with Gasteiger partial charge >= 0.3 is 0 Å². The summed E-state index contributed by atoms with van der Waals surface area (Å²) in [6.07, 6.45) is 3.50. The molecule has 18 heavy (non-hydrogen) atoms. The Morgan fingerprint density at radius 2 is 1.94 bits per heavy atom. The quantitative estimate of drug-likeness (QED) is 0.903. The number of rotatable bonds is 2. The van der Waals surface area contributed by atoms with Crippen molar-refractivity contribution in [2.24, 2.45) is 7.05 Å². The van der Waals surface area contributed by atoms with Gasteiger partial charge in [0.25, 0.3) is 0 Å². The Balaban J connectivity index is 2.07. The molecule has 2 N–H and O–H groups in total. The molecule has 1 aromatic heterocycles. The lowest BCUT2D eigenvalue weighted by molar-refractivity contribution is 0.291. The van der Waals surface area contributed by atoms with E-state index in [0.717, 1.165) is 23.6 Å². The number of hydrogen-bond acceptors (Lipinski definition) is 2. The minimum atomic E-state index is 0.0416. The highest BCUT2D eigenvalue weighted by atomic mass is 35.5. The van der Waals surface area contributed by atoms with Crippen LogP contribution in [-0.4, -0.2) is 9.78 Å². The van der Waals surface area contributed by atoms with Crippen molar-refractivity contribution in [3.05, 3.63) is 46.6 Å². The van der Waals surface area contributed by atoms with E-state index in [-0.39, 0.29) is 5.41 Å². The fourth-order valence-electron chi connectivity index (χ4n) is 2.71. The van der Waals surface area contributed by atoms with Crippen LogP contribution in [0.15, 0.2) is 30.3 Å². The second-order valence-corrected chi connectivity index (χ2v) is 5.46. The first-order valence-corrected chi connectivity index (χ1v) is 6.56. The van der Waals surface area contributed by atoms with Crippen molar-refractivity contribution in [2.75, 3.05) is 5.73 Å². The minimum Gasteiger partial charge on any atom is -0.384 e. The zero-order valence-electron chi connectivity index (χ0n) is 10.4. The van der Waals surface area contributed by atoms with Gasteiger partial charge in [0.2, 0.25) is 0 Å². The molecule has 3 nitrogen and oxygen atoms in total. The molecule has 0 radical (unpaired) electrons. The van der Waals surface area contributed by atoms with Gasteiger partial charge in [-0.1, -0.05) is 30.2 Å². The lowest BCUT2D eigenvalue weighted by Crippen LogP contribution is -2.36. The van der Waals surface area contributed by atoms with E-state index in [9.17, 15) is 0 Å². The highest BCUT2D eigenvalue weighted by molar-refractivity contribution is 6.30. The summed E-state index contributed by atoms with van der Waals surface area (Å²) in [5.74, 6) is 0.713. The molecule has 1 fully saturated rings. The number of halogens is 1. The van der Waals surface area contributed by atoms with E-state index in [1.807, 2.05) is 25.2 Å². The molecule has 1 saturated carbocycles. The Morgan fingerprint density at radius 3 is 2.39 bits per heavy atom. The molecule has 94 valence electrons. The summed E-state index contributed by atoms with van der Waals surface area (Å²) in [6.45, 7) is 0. The molecule has 3 rings (SSSR count). The maximum Gasteiger partial charge on any atom is 0.121 e. The van der Waals surface area contributed by atoms with Crippen molar-refractivity contribution in [3.63, 3.8) is 0 Å². The molecule has 1 heterocycles. The van der Waals surface area contributed by atoms with Crippen molar-refractivity contribution in [3.8, 4) is 0 Å². The molecule has 0 saturated heterocycles. The number of benzene rings is 1. The van der Waals surface area contributed by atoms with E-state index in [1.165, 1.54) is 12.0 Å². The van der Waals surface area contributed by atoms with Crippen LogP contribution in [0.4, 0.5) is 5.82 Å². The van der Waals surface area contributed by atoms with E-state index < -0.39 is 0 Å². The standard InChI is InChI=1S/C14H16ClN3/c1-18-13(16)9-12(17-18)14(7-2-8-14)10-3-5-11(15)6-4-10/h3-6,9H,2,7-8,16H2,1H3. The summed E-state index contributed by atoms with van der Waals surface area (Å²) in [7, 11) is 1.88. The zero-order chi connectivity index (χ0) is 12.8. The Labute approximate surface area is 112 Å². The topological polar surface area (TPSA) is 43.8 Å². The molecular weight excluding hydrogens is 246 g/mol. The molecule has 1 aliphatic carbocycles. The van der Waals surface area contributed by atoms with Crippen LogP contribution in [0, 0.1) is 0 Å². The third kappa shape index (κ3) is 1.62. The number of nitrogens with zero attached hydrogens (tertiary/aromatic N) is 2. The van der Waals surface area contributed by atoms with Crippen LogP contribution in [0.2, 0.25) is 5.02 Å². The van der Waals surface area contributed by atoms with Gasteiger partial charge in [-0.15, -0.1) is 0 Å². The van der Waals surface area contributed by atoms with Crippen LogP contribution in [0.25, 0.3) is 0 Å². The highest BCUT2D eigenvalue weighted by Crippen LogP contribution is 2.48. The molecule has 4 heteroatoms. The van der Waals surface area contributed by atoms with Gasteiger partial charge in [-0.3, -0.25) is 4.68 Å². The summed E-state index contributed by atoms with van der Waals surface area (Å²) in [5.41, 5.74) is 8.31. The SMILES string of the molecule is Cn1nc(C2(c3ccc(Cl)cc3)CCC2)cc1N. The first kappa shape index (κ1) is 11.6. The van der Waals surface area contributed by atoms with Crippen molar-refractivity contribution in [1.29, 1.82) is 0 Å². The normalized spacial score (nSPS) is 17.4. The Bertz CT molecular complexity index is 548. The summed E-state index contributed by atoms with van der Waals surface area (Å²) < 4.78 is 1.74. The molecular formula is C14H16ClN3. The van der Waals surface area contributed by atoms with Gasteiger partial charge in [0, 0.05) is 23.6 Å². The van der Waals surface area contributed by atoms with Crippen LogP contribution >= 0.6 is 11.6 Å². The molecule has 1 aromatic carbocycles. The minimum absolute atomic E-state index is 0.0416. The van der Waals surface area contributed by atoms with Gasteiger partial charge < -0.3 is 5.73 Å². The monoisotopic (exact) mass is 261 g/mol. The molecule has 0 unspecified atom stereocenters. The Kier molecular flexibility index (Phi) is 2.59. The van der Waals surface area contributed by atoms with E-state index in [0.29, 0.717) is 5.82 Å². The number of anilines is 1. The van der Waals surface area contributed by atoms with E-state index in [2.05, 4.69) is 17.2 Å². The Hall–Kier alpha value is -1.48. The number of nitrogen functional groups attached to an aromatic ring is 1.